The highest BCUT2D eigenvalue weighted by molar-refractivity contribution is 7.89. The van der Waals surface area contributed by atoms with Gasteiger partial charge in [-0.05, 0) is 66.8 Å². The molecule has 0 aliphatic carbocycles. The van der Waals surface area contributed by atoms with Crippen LogP contribution in [-0.4, -0.2) is 67.7 Å². The minimum Gasteiger partial charge on any atom is -0.464 e. The van der Waals surface area contributed by atoms with Crippen molar-refractivity contribution in [1.29, 1.82) is 0 Å². The molecule has 3 aromatic carbocycles. The summed E-state index contributed by atoms with van der Waals surface area (Å²) in [6, 6.07) is 22.1. The topological polar surface area (TPSA) is 129 Å². The Morgan fingerprint density at radius 1 is 1.05 bits per heavy atom. The van der Waals surface area contributed by atoms with Crippen molar-refractivity contribution in [3.05, 3.63) is 96.3 Å². The highest BCUT2D eigenvalue weighted by Crippen LogP contribution is 2.25. The maximum Gasteiger partial charge on any atom is 0.415 e. The zero-order chi connectivity index (χ0) is 31.4. The molecule has 0 spiro atoms. The lowest BCUT2D eigenvalue weighted by Crippen LogP contribution is -2.53. The van der Waals surface area contributed by atoms with Crippen molar-refractivity contribution in [1.82, 2.24) is 9.62 Å². The summed E-state index contributed by atoms with van der Waals surface area (Å²) >= 11 is 0. The van der Waals surface area contributed by atoms with Crippen LogP contribution in [0.1, 0.15) is 25.0 Å². The number of aliphatic hydroxyl groups is 1. The fraction of sp³-hybridized carbons (Fsp3) is 0.333. The largest absolute Gasteiger partial charge is 0.464 e. The third-order valence-electron chi connectivity index (χ3n) is 7.53. The van der Waals surface area contributed by atoms with Crippen molar-refractivity contribution in [2.45, 2.75) is 50.3 Å². The molecule has 1 aliphatic rings. The Labute approximate surface area is 257 Å². The molecule has 2 heterocycles. The van der Waals surface area contributed by atoms with Gasteiger partial charge in [-0.3, -0.25) is 9.69 Å². The van der Waals surface area contributed by atoms with Gasteiger partial charge in [-0.2, -0.15) is 4.31 Å². The Balaban J connectivity index is 1.37. The molecule has 3 atom stereocenters. The molecule has 1 saturated heterocycles. The maximum atomic E-state index is 13.8. The van der Waals surface area contributed by atoms with E-state index in [1.807, 2.05) is 69.3 Å². The van der Waals surface area contributed by atoms with Crippen LogP contribution < -0.4 is 10.2 Å². The van der Waals surface area contributed by atoms with E-state index < -0.39 is 40.3 Å². The van der Waals surface area contributed by atoms with E-state index >= 15 is 0 Å². The predicted octanol–water partition coefficient (Wildman–Crippen LogP) is 4.50. The molecule has 0 bridgehead atoms. The predicted molar refractivity (Wildman–Crippen MR) is 167 cm³/mol. The van der Waals surface area contributed by atoms with Crippen LogP contribution in [-0.2, 0) is 26.0 Å². The molecule has 2 amide bonds. The minimum absolute atomic E-state index is 0.00656. The first-order valence-electron chi connectivity index (χ1n) is 14.6. The number of cyclic esters (lactones) is 1. The number of anilines is 1. The highest BCUT2D eigenvalue weighted by atomic mass is 32.2. The summed E-state index contributed by atoms with van der Waals surface area (Å²) in [6.07, 6.45) is -1.30. The van der Waals surface area contributed by atoms with Gasteiger partial charge in [-0.15, -0.1) is 0 Å². The first kappa shape index (κ1) is 31.2. The second-order valence-electron chi connectivity index (χ2n) is 11.5. The quantitative estimate of drug-likeness (QED) is 0.239. The van der Waals surface area contributed by atoms with E-state index in [0.717, 1.165) is 11.1 Å². The standard InChI is InChI=1S/C33H37N3O7S/c1-22(2)19-35(44(40,41)27-12-13-30-25(18-27)14-15-42-30)20-29(37)28(17-24-9-5-4-6-10-24)34-32(38)31-21-36(33(39)43-31)26-11-7-8-23(3)16-26/h4-16,18,22,28-29,31,37H,17,19-21H2,1-3H3,(H,34,38)/t28-,29+,31-/m0/s1. The number of aliphatic hydroxyl groups excluding tert-OH is 1. The van der Waals surface area contributed by atoms with Crippen LogP contribution in [0.15, 0.2) is 94.4 Å². The van der Waals surface area contributed by atoms with Gasteiger partial charge in [0.15, 0.2) is 6.10 Å². The molecule has 1 aromatic heterocycles. The number of sulfonamides is 1. The smallest absolute Gasteiger partial charge is 0.415 e. The Morgan fingerprint density at radius 2 is 1.82 bits per heavy atom. The molecule has 0 saturated carbocycles. The van der Waals surface area contributed by atoms with Crippen molar-refractivity contribution in [3.8, 4) is 0 Å². The van der Waals surface area contributed by atoms with Crippen LogP contribution >= 0.6 is 0 Å². The molecule has 1 fully saturated rings. The summed E-state index contributed by atoms with van der Waals surface area (Å²) in [5.41, 5.74) is 2.98. The van der Waals surface area contributed by atoms with Gasteiger partial charge in [-0.1, -0.05) is 56.3 Å². The number of rotatable bonds is 12. The summed E-state index contributed by atoms with van der Waals surface area (Å²) in [7, 11) is -4.02. The lowest BCUT2D eigenvalue weighted by molar-refractivity contribution is -0.129. The number of aryl methyl sites for hydroxylation is 1. The van der Waals surface area contributed by atoms with Crippen molar-refractivity contribution in [2.75, 3.05) is 24.5 Å². The number of ether oxygens (including phenoxy) is 1. The van der Waals surface area contributed by atoms with E-state index in [-0.39, 0.29) is 36.9 Å². The van der Waals surface area contributed by atoms with Crippen molar-refractivity contribution in [2.24, 2.45) is 5.92 Å². The van der Waals surface area contributed by atoms with E-state index in [1.165, 1.54) is 21.5 Å². The lowest BCUT2D eigenvalue weighted by atomic mass is 10.0. The third kappa shape index (κ3) is 7.12. The Kier molecular flexibility index (Phi) is 9.38. The number of carbonyl (C=O) groups is 2. The molecule has 44 heavy (non-hydrogen) atoms. The molecule has 11 heteroatoms. The fourth-order valence-corrected chi connectivity index (χ4v) is 6.96. The van der Waals surface area contributed by atoms with E-state index in [0.29, 0.717) is 16.7 Å². The Morgan fingerprint density at radius 3 is 2.55 bits per heavy atom. The second kappa shape index (κ2) is 13.2. The van der Waals surface area contributed by atoms with Crippen LogP contribution in [0.5, 0.6) is 0 Å². The number of hydrogen-bond acceptors (Lipinski definition) is 7. The van der Waals surface area contributed by atoms with Crippen LogP contribution in [0.3, 0.4) is 0 Å². The molecular formula is C33H37N3O7S. The Bertz CT molecular complexity index is 1720. The van der Waals surface area contributed by atoms with Crippen LogP contribution in [0.4, 0.5) is 10.5 Å². The lowest BCUT2D eigenvalue weighted by Gasteiger charge is -2.31. The van der Waals surface area contributed by atoms with E-state index in [1.54, 1.807) is 24.3 Å². The van der Waals surface area contributed by atoms with E-state index in [9.17, 15) is 23.1 Å². The molecule has 0 unspecified atom stereocenters. The zero-order valence-electron chi connectivity index (χ0n) is 24.9. The molecule has 232 valence electrons. The zero-order valence-corrected chi connectivity index (χ0v) is 25.7. The number of carbonyl (C=O) groups excluding carboxylic acids is 2. The monoisotopic (exact) mass is 619 g/mol. The first-order chi connectivity index (χ1) is 21.0. The summed E-state index contributed by atoms with van der Waals surface area (Å²) in [4.78, 5) is 27.6. The highest BCUT2D eigenvalue weighted by Gasteiger charge is 2.39. The number of furan rings is 1. The summed E-state index contributed by atoms with van der Waals surface area (Å²) in [5, 5.41) is 15.1. The van der Waals surface area contributed by atoms with E-state index in [4.69, 9.17) is 9.15 Å². The summed E-state index contributed by atoms with van der Waals surface area (Å²) in [6.45, 7) is 5.59. The number of nitrogens with zero attached hydrogens (tertiary/aromatic N) is 2. The molecule has 4 aromatic rings. The third-order valence-corrected chi connectivity index (χ3v) is 9.36. The number of benzene rings is 3. The minimum atomic E-state index is -4.02. The van der Waals surface area contributed by atoms with Gasteiger partial charge in [0.05, 0.1) is 29.8 Å². The SMILES string of the molecule is Cc1cccc(N2C[C@@H](C(=O)N[C@@H](Cc3ccccc3)[C@H](O)CN(CC(C)C)S(=O)(=O)c3ccc4occc4c3)OC2=O)c1. The van der Waals surface area contributed by atoms with Crippen LogP contribution in [0.25, 0.3) is 11.0 Å². The van der Waals surface area contributed by atoms with Crippen molar-refractivity contribution in [3.63, 3.8) is 0 Å². The number of fused-ring (bicyclic) bond motifs is 1. The first-order valence-corrected chi connectivity index (χ1v) is 16.0. The average molecular weight is 620 g/mol. The molecule has 1 aliphatic heterocycles. The van der Waals surface area contributed by atoms with Crippen LogP contribution in [0, 0.1) is 12.8 Å². The number of hydrogen-bond donors (Lipinski definition) is 2. The second-order valence-corrected chi connectivity index (χ2v) is 13.5. The molecule has 10 nitrogen and oxygen atoms in total. The van der Waals surface area contributed by atoms with Gasteiger partial charge in [0, 0.05) is 24.2 Å². The van der Waals surface area contributed by atoms with Crippen molar-refractivity contribution < 1.29 is 32.3 Å². The van der Waals surface area contributed by atoms with Gasteiger partial charge in [0.2, 0.25) is 10.0 Å². The van der Waals surface area contributed by atoms with Gasteiger partial charge in [-0.25, -0.2) is 13.2 Å². The summed E-state index contributed by atoms with van der Waals surface area (Å²) < 4.78 is 39.7. The molecule has 2 N–H and O–H groups in total. The number of nitrogens with one attached hydrogen (secondary N) is 1. The molecule has 0 radical (unpaired) electrons. The van der Waals surface area contributed by atoms with Gasteiger partial charge < -0.3 is 19.6 Å². The van der Waals surface area contributed by atoms with Crippen molar-refractivity contribution >= 4 is 38.7 Å². The van der Waals surface area contributed by atoms with Gasteiger partial charge >= 0.3 is 6.09 Å². The number of amides is 2. The van der Waals surface area contributed by atoms with E-state index in [2.05, 4.69) is 5.32 Å². The van der Waals surface area contributed by atoms with Gasteiger partial charge in [0.1, 0.15) is 5.58 Å². The maximum absolute atomic E-state index is 13.8. The Hall–Kier alpha value is -4.19. The van der Waals surface area contributed by atoms with Gasteiger partial charge in [0.25, 0.3) is 5.91 Å². The average Bonchev–Trinajstić information content (AvgIpc) is 3.63. The van der Waals surface area contributed by atoms with Crippen LogP contribution in [0.2, 0.25) is 0 Å². The normalized spacial score (nSPS) is 16.8. The molecule has 5 rings (SSSR count). The summed E-state index contributed by atoms with van der Waals surface area (Å²) in [5.74, 6) is -0.612. The fourth-order valence-electron chi connectivity index (χ4n) is 5.30. The molecular weight excluding hydrogens is 582 g/mol.